The molecule has 3 rings (SSSR count). The maximum atomic E-state index is 14.7. The second-order valence-corrected chi connectivity index (χ2v) is 5.40. The molecule has 1 aliphatic heterocycles. The van der Waals surface area contributed by atoms with Crippen LogP contribution in [0, 0.1) is 5.82 Å². The number of benzene rings is 1. The molecule has 2 aliphatic rings. The molecular weight excluding hydrogens is 263 g/mol. The average molecular weight is 280 g/mol. The van der Waals surface area contributed by atoms with Crippen LogP contribution in [0.15, 0.2) is 12.1 Å². The van der Waals surface area contributed by atoms with Crippen molar-refractivity contribution < 1.29 is 23.8 Å². The lowest BCUT2D eigenvalue weighted by Crippen LogP contribution is -2.33. The minimum Gasteiger partial charge on any atom is -0.489 e. The van der Waals surface area contributed by atoms with E-state index in [1.165, 1.54) is 0 Å². The van der Waals surface area contributed by atoms with Crippen LogP contribution in [0.1, 0.15) is 37.7 Å². The van der Waals surface area contributed by atoms with Crippen molar-refractivity contribution in [1.82, 2.24) is 0 Å². The molecule has 0 amide bonds. The summed E-state index contributed by atoms with van der Waals surface area (Å²) >= 11 is 0. The summed E-state index contributed by atoms with van der Waals surface area (Å²) in [7, 11) is 0. The summed E-state index contributed by atoms with van der Waals surface area (Å²) in [5.41, 5.74) is -0.888. The normalized spacial score (nSPS) is 20.4. The summed E-state index contributed by atoms with van der Waals surface area (Å²) in [6.45, 7) is 0.864. The molecule has 0 bridgehead atoms. The highest BCUT2D eigenvalue weighted by atomic mass is 19.1. The van der Waals surface area contributed by atoms with Crippen LogP contribution in [-0.4, -0.2) is 24.3 Å². The molecule has 1 fully saturated rings. The van der Waals surface area contributed by atoms with Gasteiger partial charge in [0.05, 0.1) is 18.6 Å². The maximum Gasteiger partial charge on any atom is 0.314 e. The Bertz CT molecular complexity index is 535. The zero-order chi connectivity index (χ0) is 14.2. The molecule has 0 spiro atoms. The average Bonchev–Trinajstić information content (AvgIpc) is 2.79. The van der Waals surface area contributed by atoms with Gasteiger partial charge in [-0.25, -0.2) is 4.39 Å². The van der Waals surface area contributed by atoms with Crippen molar-refractivity contribution in [3.05, 3.63) is 23.5 Å². The number of halogens is 1. The highest BCUT2D eigenvalue weighted by molar-refractivity contribution is 5.82. The van der Waals surface area contributed by atoms with E-state index in [2.05, 4.69) is 0 Å². The zero-order valence-corrected chi connectivity index (χ0v) is 11.2. The van der Waals surface area contributed by atoms with E-state index in [1.54, 1.807) is 12.1 Å². The summed E-state index contributed by atoms with van der Waals surface area (Å²) in [4.78, 5) is 11.7. The van der Waals surface area contributed by atoms with Crippen molar-refractivity contribution in [2.75, 3.05) is 13.2 Å². The molecule has 0 saturated heterocycles. The van der Waals surface area contributed by atoms with Gasteiger partial charge in [0, 0.05) is 12.0 Å². The molecule has 4 nitrogen and oxygen atoms in total. The minimum absolute atomic E-state index is 0.0625. The first kappa shape index (κ1) is 13.2. The first-order valence-electron chi connectivity index (χ1n) is 6.97. The molecule has 1 aliphatic carbocycles. The van der Waals surface area contributed by atoms with Gasteiger partial charge in [-0.3, -0.25) is 4.79 Å². The molecule has 20 heavy (non-hydrogen) atoms. The highest BCUT2D eigenvalue weighted by Gasteiger charge is 2.45. The fourth-order valence-corrected chi connectivity index (χ4v) is 3.15. The lowest BCUT2D eigenvalue weighted by Gasteiger charge is -2.26. The van der Waals surface area contributed by atoms with Crippen molar-refractivity contribution in [2.24, 2.45) is 0 Å². The van der Waals surface area contributed by atoms with Crippen molar-refractivity contribution in [2.45, 2.75) is 37.5 Å². The van der Waals surface area contributed by atoms with Gasteiger partial charge in [-0.1, -0.05) is 18.9 Å². The van der Waals surface area contributed by atoms with Gasteiger partial charge < -0.3 is 14.6 Å². The molecule has 0 radical (unpaired) electrons. The molecule has 1 heterocycles. The molecule has 1 aromatic rings. The standard InChI is InChI=1S/C15H17FO4/c16-12-10(15(14(17)18)6-1-2-7-15)4-5-11-13(12)20-9-3-8-19-11/h4-5H,1-3,6-9H2,(H,17,18). The Morgan fingerprint density at radius 2 is 1.85 bits per heavy atom. The van der Waals surface area contributed by atoms with Crippen LogP contribution >= 0.6 is 0 Å². The third kappa shape index (κ3) is 1.92. The van der Waals surface area contributed by atoms with E-state index < -0.39 is 17.2 Å². The van der Waals surface area contributed by atoms with E-state index >= 15 is 0 Å². The molecule has 1 N–H and O–H groups in total. The number of fused-ring (bicyclic) bond motifs is 1. The van der Waals surface area contributed by atoms with E-state index in [0.29, 0.717) is 38.2 Å². The fourth-order valence-electron chi connectivity index (χ4n) is 3.15. The number of carbonyl (C=O) groups is 1. The Hall–Kier alpha value is -1.78. The molecule has 0 atom stereocenters. The van der Waals surface area contributed by atoms with E-state index in [-0.39, 0.29) is 11.3 Å². The van der Waals surface area contributed by atoms with Gasteiger partial charge in [0.2, 0.25) is 0 Å². The minimum atomic E-state index is -1.12. The number of ether oxygens (including phenoxy) is 2. The Labute approximate surface area is 116 Å². The predicted molar refractivity (Wildman–Crippen MR) is 69.8 cm³/mol. The van der Waals surface area contributed by atoms with E-state index in [0.717, 1.165) is 12.8 Å². The molecule has 0 aromatic heterocycles. The van der Waals surface area contributed by atoms with Gasteiger partial charge in [0.1, 0.15) is 0 Å². The number of carboxylic acids is 1. The summed E-state index contributed by atoms with van der Waals surface area (Å²) < 4.78 is 25.6. The van der Waals surface area contributed by atoms with Crippen LogP contribution in [0.4, 0.5) is 4.39 Å². The van der Waals surface area contributed by atoms with Gasteiger partial charge in [-0.15, -0.1) is 0 Å². The largest absolute Gasteiger partial charge is 0.489 e. The Balaban J connectivity index is 2.10. The second kappa shape index (κ2) is 4.96. The Morgan fingerprint density at radius 1 is 1.15 bits per heavy atom. The summed E-state index contributed by atoms with van der Waals surface area (Å²) in [5, 5.41) is 9.56. The van der Waals surface area contributed by atoms with Gasteiger partial charge in [0.15, 0.2) is 17.3 Å². The molecule has 1 saturated carbocycles. The zero-order valence-electron chi connectivity index (χ0n) is 11.2. The van der Waals surface area contributed by atoms with E-state index in [4.69, 9.17) is 9.47 Å². The summed E-state index contributed by atoms with van der Waals surface area (Å²) in [6.07, 6.45) is 3.24. The van der Waals surface area contributed by atoms with Crippen molar-refractivity contribution >= 4 is 5.97 Å². The highest BCUT2D eigenvalue weighted by Crippen LogP contribution is 2.46. The topological polar surface area (TPSA) is 55.8 Å². The number of aliphatic carboxylic acids is 1. The monoisotopic (exact) mass is 280 g/mol. The lowest BCUT2D eigenvalue weighted by atomic mass is 9.78. The number of carboxylic acid groups (broad SMARTS) is 1. The van der Waals surface area contributed by atoms with E-state index in [9.17, 15) is 14.3 Å². The molecule has 1 aromatic carbocycles. The van der Waals surface area contributed by atoms with Crippen LogP contribution in [0.5, 0.6) is 11.5 Å². The van der Waals surface area contributed by atoms with Crippen molar-refractivity contribution in [1.29, 1.82) is 0 Å². The van der Waals surface area contributed by atoms with Gasteiger partial charge in [-0.2, -0.15) is 0 Å². The van der Waals surface area contributed by atoms with Gasteiger partial charge in [0.25, 0.3) is 0 Å². The number of hydrogen-bond donors (Lipinski definition) is 1. The maximum absolute atomic E-state index is 14.7. The van der Waals surface area contributed by atoms with Crippen LogP contribution in [-0.2, 0) is 10.2 Å². The first-order valence-corrected chi connectivity index (χ1v) is 6.97. The molecule has 5 heteroatoms. The van der Waals surface area contributed by atoms with Crippen LogP contribution in [0.3, 0.4) is 0 Å². The molecular formula is C15H17FO4. The third-order valence-corrected chi connectivity index (χ3v) is 4.24. The molecule has 108 valence electrons. The number of rotatable bonds is 2. The van der Waals surface area contributed by atoms with Crippen LogP contribution in [0.2, 0.25) is 0 Å². The summed E-state index contributed by atoms with van der Waals surface area (Å²) in [5.74, 6) is -1.10. The SMILES string of the molecule is O=C(O)C1(c2ccc3c(c2F)OCCCO3)CCCC1. The van der Waals surface area contributed by atoms with Crippen LogP contribution in [0.25, 0.3) is 0 Å². The van der Waals surface area contributed by atoms with Crippen molar-refractivity contribution in [3.8, 4) is 11.5 Å². The third-order valence-electron chi connectivity index (χ3n) is 4.24. The van der Waals surface area contributed by atoms with Crippen molar-refractivity contribution in [3.63, 3.8) is 0 Å². The van der Waals surface area contributed by atoms with Gasteiger partial charge >= 0.3 is 5.97 Å². The summed E-state index contributed by atoms with van der Waals surface area (Å²) in [6, 6.07) is 3.17. The van der Waals surface area contributed by atoms with Gasteiger partial charge in [-0.05, 0) is 18.9 Å². The number of hydrogen-bond acceptors (Lipinski definition) is 3. The quantitative estimate of drug-likeness (QED) is 0.905. The Kier molecular flexibility index (Phi) is 3.28. The lowest BCUT2D eigenvalue weighted by molar-refractivity contribution is -0.143. The smallest absolute Gasteiger partial charge is 0.314 e. The molecule has 0 unspecified atom stereocenters. The predicted octanol–water partition coefficient (Wildman–Crippen LogP) is 2.88. The second-order valence-electron chi connectivity index (χ2n) is 5.40. The van der Waals surface area contributed by atoms with Crippen LogP contribution < -0.4 is 9.47 Å². The Morgan fingerprint density at radius 3 is 2.55 bits per heavy atom. The van der Waals surface area contributed by atoms with E-state index in [1.807, 2.05) is 0 Å². The fraction of sp³-hybridized carbons (Fsp3) is 0.533. The first-order chi connectivity index (χ1) is 9.65.